The smallest absolute Gasteiger partial charge is 0.234 e. The molecule has 1 aliphatic rings. The Bertz CT molecular complexity index is 555. The van der Waals surface area contributed by atoms with Crippen LogP contribution in [-0.4, -0.2) is 26.8 Å². The molecule has 2 rings (SSSR count). The molecule has 106 valence electrons. The number of benzene rings is 1. The Kier molecular flexibility index (Phi) is 4.70. The van der Waals surface area contributed by atoms with Crippen molar-refractivity contribution < 1.29 is 12.8 Å². The van der Waals surface area contributed by atoms with Crippen LogP contribution >= 0.6 is 27.5 Å². The molecule has 4 nitrogen and oxygen atoms in total. The van der Waals surface area contributed by atoms with Crippen LogP contribution < -0.4 is 10.0 Å². The Hall–Kier alpha value is -0.370. The van der Waals surface area contributed by atoms with Crippen LogP contribution in [0.25, 0.3) is 0 Å². The van der Waals surface area contributed by atoms with Gasteiger partial charge in [-0.2, -0.15) is 0 Å². The normalized spacial score (nSPS) is 15.5. The van der Waals surface area contributed by atoms with E-state index in [0.717, 1.165) is 25.0 Å². The molecule has 2 N–H and O–H groups in total. The lowest BCUT2D eigenvalue weighted by molar-refractivity contribution is 0.595. The van der Waals surface area contributed by atoms with Crippen LogP contribution in [0.4, 0.5) is 10.1 Å². The van der Waals surface area contributed by atoms with Crippen LogP contribution in [0, 0.1) is 5.82 Å². The van der Waals surface area contributed by atoms with Gasteiger partial charge in [-0.05, 0) is 40.9 Å². The molecule has 1 saturated carbocycles. The van der Waals surface area contributed by atoms with Crippen molar-refractivity contribution in [1.29, 1.82) is 0 Å². The summed E-state index contributed by atoms with van der Waals surface area (Å²) in [5.41, 5.74) is 0.162. The molecule has 0 unspecified atom stereocenters. The Labute approximate surface area is 124 Å². The first-order chi connectivity index (χ1) is 8.87. The predicted molar refractivity (Wildman–Crippen MR) is 77.5 cm³/mol. The van der Waals surface area contributed by atoms with Crippen LogP contribution in [-0.2, 0) is 10.0 Å². The van der Waals surface area contributed by atoms with E-state index in [9.17, 15) is 12.8 Å². The van der Waals surface area contributed by atoms with Gasteiger partial charge in [0.05, 0.1) is 16.5 Å². The van der Waals surface area contributed by atoms with E-state index in [0.29, 0.717) is 12.6 Å². The fraction of sp³-hybridized carbons (Fsp3) is 0.455. The van der Waals surface area contributed by atoms with Crippen molar-refractivity contribution in [1.82, 2.24) is 5.32 Å². The number of sulfonamides is 1. The third kappa shape index (κ3) is 4.59. The summed E-state index contributed by atoms with van der Waals surface area (Å²) in [6, 6.07) is 2.68. The van der Waals surface area contributed by atoms with E-state index in [1.165, 1.54) is 0 Å². The monoisotopic (exact) mass is 370 g/mol. The van der Waals surface area contributed by atoms with Crippen molar-refractivity contribution in [3.63, 3.8) is 0 Å². The molecule has 0 spiro atoms. The van der Waals surface area contributed by atoms with Crippen molar-refractivity contribution in [2.75, 3.05) is 17.0 Å². The molecule has 0 saturated heterocycles. The van der Waals surface area contributed by atoms with Gasteiger partial charge in [-0.1, -0.05) is 11.6 Å². The van der Waals surface area contributed by atoms with Crippen LogP contribution in [0.15, 0.2) is 16.6 Å². The van der Waals surface area contributed by atoms with Crippen LogP contribution in [0.2, 0.25) is 5.02 Å². The molecule has 0 radical (unpaired) electrons. The van der Waals surface area contributed by atoms with E-state index in [4.69, 9.17) is 11.6 Å². The van der Waals surface area contributed by atoms with Gasteiger partial charge < -0.3 is 5.32 Å². The van der Waals surface area contributed by atoms with Gasteiger partial charge in [0.25, 0.3) is 0 Å². The van der Waals surface area contributed by atoms with E-state index >= 15 is 0 Å². The van der Waals surface area contributed by atoms with E-state index in [2.05, 4.69) is 26.0 Å². The van der Waals surface area contributed by atoms with Crippen LogP contribution in [0.1, 0.15) is 12.8 Å². The maximum Gasteiger partial charge on any atom is 0.234 e. The van der Waals surface area contributed by atoms with Crippen LogP contribution in [0.3, 0.4) is 0 Å². The molecule has 0 heterocycles. The summed E-state index contributed by atoms with van der Waals surface area (Å²) in [5.74, 6) is -0.584. The second kappa shape index (κ2) is 5.95. The molecule has 1 fully saturated rings. The second-order valence-corrected chi connectivity index (χ2v) is 7.50. The highest BCUT2D eigenvalue weighted by molar-refractivity contribution is 9.10. The Morgan fingerprint density at radius 2 is 2.11 bits per heavy atom. The minimum Gasteiger partial charge on any atom is -0.313 e. The highest BCUT2D eigenvalue weighted by atomic mass is 79.9. The van der Waals surface area contributed by atoms with E-state index < -0.39 is 15.8 Å². The lowest BCUT2D eigenvalue weighted by Crippen LogP contribution is -2.28. The highest BCUT2D eigenvalue weighted by Crippen LogP contribution is 2.32. The third-order valence-electron chi connectivity index (χ3n) is 2.65. The van der Waals surface area contributed by atoms with Crippen molar-refractivity contribution in [2.24, 2.45) is 0 Å². The first-order valence-corrected chi connectivity index (χ1v) is 8.58. The highest BCUT2D eigenvalue weighted by Gasteiger charge is 2.22. The molecule has 19 heavy (non-hydrogen) atoms. The van der Waals surface area contributed by atoms with Crippen molar-refractivity contribution in [3.8, 4) is 0 Å². The minimum absolute atomic E-state index is 0.0191. The maximum atomic E-state index is 13.0. The molecule has 1 aromatic carbocycles. The zero-order chi connectivity index (χ0) is 14.0. The summed E-state index contributed by atoms with van der Waals surface area (Å²) in [7, 11) is -3.51. The summed E-state index contributed by atoms with van der Waals surface area (Å²) in [4.78, 5) is 0. The maximum absolute atomic E-state index is 13.0. The van der Waals surface area contributed by atoms with Gasteiger partial charge in [0, 0.05) is 17.1 Å². The van der Waals surface area contributed by atoms with E-state index in [1.807, 2.05) is 0 Å². The molecule has 8 heteroatoms. The van der Waals surface area contributed by atoms with Crippen molar-refractivity contribution >= 4 is 43.2 Å². The summed E-state index contributed by atoms with van der Waals surface area (Å²) in [5, 5.41) is 3.13. The van der Waals surface area contributed by atoms with Gasteiger partial charge in [-0.15, -0.1) is 0 Å². The molecule has 1 aliphatic carbocycles. The lowest BCUT2D eigenvalue weighted by atomic mass is 10.3. The van der Waals surface area contributed by atoms with E-state index in [-0.39, 0.29) is 20.9 Å². The summed E-state index contributed by atoms with van der Waals surface area (Å²) < 4.78 is 39.4. The number of rotatable bonds is 6. The number of hydrogen-bond acceptors (Lipinski definition) is 3. The molecule has 0 aromatic heterocycles. The Balaban J connectivity index is 2.02. The third-order valence-corrected chi connectivity index (χ3v) is 4.83. The first kappa shape index (κ1) is 15.0. The summed E-state index contributed by atoms with van der Waals surface area (Å²) in [6.07, 6.45) is 2.20. The van der Waals surface area contributed by atoms with Crippen LogP contribution in [0.5, 0.6) is 0 Å². The molecule has 0 aliphatic heterocycles. The standard InChI is InChI=1S/C11H13BrClFN2O2S/c12-9-5-7(14)6-10(13)11(9)16-19(17,18)4-3-15-8-1-2-8/h5-6,8,15-16H,1-4H2. The van der Waals surface area contributed by atoms with Gasteiger partial charge in [-0.3, -0.25) is 4.72 Å². The quantitative estimate of drug-likeness (QED) is 0.808. The van der Waals surface area contributed by atoms with E-state index in [1.54, 1.807) is 0 Å². The molecule has 0 atom stereocenters. The zero-order valence-corrected chi connectivity index (χ0v) is 13.1. The fourth-order valence-corrected chi connectivity index (χ4v) is 3.64. The molecular weight excluding hydrogens is 359 g/mol. The number of nitrogens with one attached hydrogen (secondary N) is 2. The van der Waals surface area contributed by atoms with Gasteiger partial charge in [0.15, 0.2) is 0 Å². The largest absolute Gasteiger partial charge is 0.313 e. The Morgan fingerprint density at radius 3 is 2.68 bits per heavy atom. The SMILES string of the molecule is O=S(=O)(CCNC1CC1)Nc1c(Cl)cc(F)cc1Br. The fourth-order valence-electron chi connectivity index (χ4n) is 1.53. The molecule has 1 aromatic rings. The molecular formula is C11H13BrClFN2O2S. The van der Waals surface area contributed by atoms with Crippen molar-refractivity contribution in [2.45, 2.75) is 18.9 Å². The first-order valence-electron chi connectivity index (χ1n) is 5.76. The average Bonchev–Trinajstić information content (AvgIpc) is 3.07. The number of anilines is 1. The van der Waals surface area contributed by atoms with Gasteiger partial charge in [0.2, 0.25) is 10.0 Å². The average molecular weight is 372 g/mol. The second-order valence-electron chi connectivity index (χ2n) is 4.39. The molecule has 0 amide bonds. The number of hydrogen-bond donors (Lipinski definition) is 2. The predicted octanol–water partition coefficient (Wildman–Crippen LogP) is 2.74. The van der Waals surface area contributed by atoms with Gasteiger partial charge in [0.1, 0.15) is 5.82 Å². The lowest BCUT2D eigenvalue weighted by Gasteiger charge is -2.11. The van der Waals surface area contributed by atoms with Gasteiger partial charge in [-0.25, -0.2) is 12.8 Å². The van der Waals surface area contributed by atoms with Gasteiger partial charge >= 0.3 is 0 Å². The zero-order valence-electron chi connectivity index (χ0n) is 9.92. The molecule has 0 bridgehead atoms. The topological polar surface area (TPSA) is 58.2 Å². The number of halogens is 3. The minimum atomic E-state index is -3.51. The Morgan fingerprint density at radius 1 is 1.42 bits per heavy atom. The van der Waals surface area contributed by atoms with Crippen molar-refractivity contribution in [3.05, 3.63) is 27.4 Å². The summed E-state index contributed by atoms with van der Waals surface area (Å²) in [6.45, 7) is 0.385. The summed E-state index contributed by atoms with van der Waals surface area (Å²) >= 11 is 8.91.